The van der Waals surface area contributed by atoms with E-state index in [-0.39, 0.29) is 5.70 Å². The Morgan fingerprint density at radius 2 is 2.33 bits per heavy atom. The number of aryl methyl sites for hydroxylation is 1. The SMILES string of the molecule is CCc1ccc2c(c1)CC=C(C(=O)O)N2. The molecule has 0 spiro atoms. The van der Waals surface area contributed by atoms with Gasteiger partial charge >= 0.3 is 5.97 Å². The molecule has 1 aliphatic heterocycles. The lowest BCUT2D eigenvalue weighted by atomic mass is 10.0. The van der Waals surface area contributed by atoms with Crippen LogP contribution in [0.25, 0.3) is 0 Å². The predicted octanol–water partition coefficient (Wildman–Crippen LogP) is 2.19. The third-order valence-electron chi connectivity index (χ3n) is 2.60. The van der Waals surface area contributed by atoms with Crippen LogP contribution in [-0.2, 0) is 17.6 Å². The fourth-order valence-corrected chi connectivity index (χ4v) is 1.71. The number of carboxylic acid groups (broad SMARTS) is 1. The van der Waals surface area contributed by atoms with E-state index in [1.54, 1.807) is 6.08 Å². The highest BCUT2D eigenvalue weighted by molar-refractivity contribution is 5.91. The zero-order valence-corrected chi connectivity index (χ0v) is 8.58. The van der Waals surface area contributed by atoms with Gasteiger partial charge < -0.3 is 10.4 Å². The number of hydrogen-bond acceptors (Lipinski definition) is 2. The summed E-state index contributed by atoms with van der Waals surface area (Å²) in [5, 5.41) is 11.7. The third-order valence-corrected chi connectivity index (χ3v) is 2.60. The van der Waals surface area contributed by atoms with Gasteiger partial charge in [0.25, 0.3) is 0 Å². The van der Waals surface area contributed by atoms with Gasteiger partial charge in [0.15, 0.2) is 0 Å². The van der Waals surface area contributed by atoms with Crippen molar-refractivity contribution in [2.75, 3.05) is 5.32 Å². The normalized spacial score (nSPS) is 13.8. The molecule has 0 radical (unpaired) electrons. The van der Waals surface area contributed by atoms with E-state index in [9.17, 15) is 4.79 Å². The Morgan fingerprint density at radius 1 is 1.53 bits per heavy atom. The summed E-state index contributed by atoms with van der Waals surface area (Å²) in [6, 6.07) is 6.10. The van der Waals surface area contributed by atoms with Gasteiger partial charge in [-0.1, -0.05) is 19.1 Å². The van der Waals surface area contributed by atoms with Crippen LogP contribution < -0.4 is 5.32 Å². The van der Waals surface area contributed by atoms with Crippen molar-refractivity contribution < 1.29 is 9.90 Å². The van der Waals surface area contributed by atoms with Gasteiger partial charge in [0.05, 0.1) is 0 Å². The lowest BCUT2D eigenvalue weighted by Gasteiger charge is -2.17. The molecule has 15 heavy (non-hydrogen) atoms. The van der Waals surface area contributed by atoms with Gasteiger partial charge in [-0.3, -0.25) is 0 Å². The molecule has 2 N–H and O–H groups in total. The molecule has 0 atom stereocenters. The van der Waals surface area contributed by atoms with Crippen molar-refractivity contribution in [1.82, 2.24) is 0 Å². The molecule has 0 fully saturated rings. The summed E-state index contributed by atoms with van der Waals surface area (Å²) >= 11 is 0. The number of benzene rings is 1. The van der Waals surface area contributed by atoms with Crippen LogP contribution in [0.15, 0.2) is 30.0 Å². The molecular weight excluding hydrogens is 190 g/mol. The maximum absolute atomic E-state index is 10.8. The maximum atomic E-state index is 10.8. The van der Waals surface area contributed by atoms with E-state index in [0.717, 1.165) is 12.1 Å². The largest absolute Gasteiger partial charge is 0.477 e. The van der Waals surface area contributed by atoms with Gasteiger partial charge in [-0.25, -0.2) is 4.79 Å². The number of rotatable bonds is 2. The minimum atomic E-state index is -0.903. The molecular formula is C12H13NO2. The van der Waals surface area contributed by atoms with Gasteiger partial charge in [0.2, 0.25) is 0 Å². The van der Waals surface area contributed by atoms with Crippen LogP contribution in [0.4, 0.5) is 5.69 Å². The standard InChI is InChI=1S/C12H13NO2/c1-2-8-3-5-10-9(7-8)4-6-11(13-10)12(14)15/h3,5-7,13H,2,4H2,1H3,(H,14,15). The first kappa shape index (κ1) is 9.77. The lowest BCUT2D eigenvalue weighted by molar-refractivity contribution is -0.132. The molecule has 1 heterocycles. The van der Waals surface area contributed by atoms with Crippen LogP contribution in [0, 0.1) is 0 Å². The highest BCUT2D eigenvalue weighted by atomic mass is 16.4. The highest BCUT2D eigenvalue weighted by Crippen LogP contribution is 2.24. The Morgan fingerprint density at radius 3 is 3.00 bits per heavy atom. The van der Waals surface area contributed by atoms with E-state index in [1.165, 1.54) is 11.1 Å². The molecule has 0 aromatic heterocycles. The molecule has 1 aromatic rings. The number of fused-ring (bicyclic) bond motifs is 1. The van der Waals surface area contributed by atoms with E-state index in [1.807, 2.05) is 12.1 Å². The topological polar surface area (TPSA) is 49.3 Å². The van der Waals surface area contributed by atoms with E-state index in [0.29, 0.717) is 6.42 Å². The van der Waals surface area contributed by atoms with Gasteiger partial charge in [-0.2, -0.15) is 0 Å². The zero-order valence-electron chi connectivity index (χ0n) is 8.58. The van der Waals surface area contributed by atoms with Crippen LogP contribution in [0.3, 0.4) is 0 Å². The first-order valence-electron chi connectivity index (χ1n) is 5.03. The Labute approximate surface area is 88.4 Å². The van der Waals surface area contributed by atoms with Crippen molar-refractivity contribution in [2.45, 2.75) is 19.8 Å². The van der Waals surface area contributed by atoms with E-state index in [4.69, 9.17) is 5.11 Å². The molecule has 0 aliphatic carbocycles. The second-order valence-electron chi connectivity index (χ2n) is 3.60. The van der Waals surface area contributed by atoms with Gasteiger partial charge in [-0.15, -0.1) is 0 Å². The number of anilines is 1. The summed E-state index contributed by atoms with van der Waals surface area (Å²) in [4.78, 5) is 10.8. The summed E-state index contributed by atoms with van der Waals surface area (Å²) in [6.07, 6.45) is 3.41. The highest BCUT2D eigenvalue weighted by Gasteiger charge is 2.14. The quantitative estimate of drug-likeness (QED) is 0.774. The summed E-state index contributed by atoms with van der Waals surface area (Å²) in [5.41, 5.74) is 3.63. The van der Waals surface area contributed by atoms with Crippen LogP contribution >= 0.6 is 0 Å². The Bertz CT molecular complexity index is 435. The minimum absolute atomic E-state index is 0.270. The van der Waals surface area contributed by atoms with Gasteiger partial charge in [0, 0.05) is 5.69 Å². The first-order chi connectivity index (χ1) is 7.20. The fraction of sp³-hybridized carbons (Fsp3) is 0.250. The average molecular weight is 203 g/mol. The van der Waals surface area contributed by atoms with E-state index >= 15 is 0 Å². The van der Waals surface area contributed by atoms with Crippen LogP contribution in [0.2, 0.25) is 0 Å². The molecule has 3 nitrogen and oxygen atoms in total. The van der Waals surface area contributed by atoms with Crippen molar-refractivity contribution in [3.05, 3.63) is 41.1 Å². The van der Waals surface area contributed by atoms with Crippen molar-refractivity contribution in [3.8, 4) is 0 Å². The lowest BCUT2D eigenvalue weighted by Crippen LogP contribution is -2.15. The summed E-state index contributed by atoms with van der Waals surface area (Å²) in [5.74, 6) is -0.903. The predicted molar refractivity (Wildman–Crippen MR) is 58.9 cm³/mol. The first-order valence-corrected chi connectivity index (χ1v) is 5.03. The Balaban J connectivity index is 2.30. The molecule has 1 aromatic carbocycles. The summed E-state index contributed by atoms with van der Waals surface area (Å²) in [7, 11) is 0. The molecule has 78 valence electrons. The van der Waals surface area contributed by atoms with E-state index in [2.05, 4.69) is 18.3 Å². The number of allylic oxidation sites excluding steroid dienone is 1. The average Bonchev–Trinajstić information content (AvgIpc) is 2.27. The zero-order chi connectivity index (χ0) is 10.8. The Kier molecular flexibility index (Phi) is 2.46. The van der Waals surface area contributed by atoms with Gasteiger partial charge in [0.1, 0.15) is 5.70 Å². The monoisotopic (exact) mass is 203 g/mol. The van der Waals surface area contributed by atoms with Crippen molar-refractivity contribution in [2.24, 2.45) is 0 Å². The van der Waals surface area contributed by atoms with Crippen LogP contribution in [0.5, 0.6) is 0 Å². The number of hydrogen-bond donors (Lipinski definition) is 2. The number of carbonyl (C=O) groups is 1. The molecule has 1 aliphatic rings. The molecule has 0 saturated heterocycles. The fourth-order valence-electron chi connectivity index (χ4n) is 1.71. The molecule has 0 amide bonds. The molecule has 0 unspecified atom stereocenters. The number of aliphatic carboxylic acids is 1. The second kappa shape index (κ2) is 3.77. The number of carboxylic acids is 1. The van der Waals surface area contributed by atoms with E-state index < -0.39 is 5.97 Å². The molecule has 3 heteroatoms. The van der Waals surface area contributed by atoms with Crippen molar-refractivity contribution in [3.63, 3.8) is 0 Å². The second-order valence-corrected chi connectivity index (χ2v) is 3.60. The summed E-state index contributed by atoms with van der Waals surface area (Å²) < 4.78 is 0. The smallest absolute Gasteiger partial charge is 0.351 e. The number of nitrogens with one attached hydrogen (secondary N) is 1. The molecule has 2 rings (SSSR count). The van der Waals surface area contributed by atoms with Crippen molar-refractivity contribution >= 4 is 11.7 Å². The van der Waals surface area contributed by atoms with Crippen molar-refractivity contribution in [1.29, 1.82) is 0 Å². The molecule has 0 bridgehead atoms. The van der Waals surface area contributed by atoms with Crippen LogP contribution in [0.1, 0.15) is 18.1 Å². The maximum Gasteiger partial charge on any atom is 0.351 e. The Hall–Kier alpha value is -1.77. The third kappa shape index (κ3) is 1.86. The molecule has 0 saturated carbocycles. The minimum Gasteiger partial charge on any atom is -0.477 e. The van der Waals surface area contributed by atoms with Crippen LogP contribution in [-0.4, -0.2) is 11.1 Å². The van der Waals surface area contributed by atoms with Gasteiger partial charge in [-0.05, 0) is 36.1 Å². The summed E-state index contributed by atoms with van der Waals surface area (Å²) in [6.45, 7) is 2.11.